The fourth-order valence-electron chi connectivity index (χ4n) is 9.16. The highest BCUT2D eigenvalue weighted by molar-refractivity contribution is 7.92. The second-order valence-corrected chi connectivity index (χ2v) is 18.8. The van der Waals surface area contributed by atoms with Crippen molar-refractivity contribution in [2.75, 3.05) is 29.0 Å². The summed E-state index contributed by atoms with van der Waals surface area (Å²) in [6.07, 6.45) is -6.70. The van der Waals surface area contributed by atoms with Crippen LogP contribution in [0.15, 0.2) is 47.3 Å². The molecule has 2 aliphatic carbocycles. The zero-order valence-corrected chi connectivity index (χ0v) is 36.3. The van der Waals surface area contributed by atoms with E-state index in [1.165, 1.54) is 24.3 Å². The minimum atomic E-state index is -4.13. The quantitative estimate of drug-likeness (QED) is 0.118. The highest BCUT2D eigenvalue weighted by Crippen LogP contribution is 2.68. The molecule has 5 atom stereocenters. The van der Waals surface area contributed by atoms with E-state index in [9.17, 15) is 39.6 Å². The number of benzene rings is 2. The molecule has 25 heteroatoms. The average molecular weight is 969 g/mol. The molecule has 350 valence electrons. The van der Waals surface area contributed by atoms with E-state index >= 15 is 13.6 Å². The molecule has 9 rings (SSSR count). The maximum atomic E-state index is 15.6. The molecule has 1 saturated heterocycles. The molecule has 66 heavy (non-hydrogen) atoms. The summed E-state index contributed by atoms with van der Waals surface area (Å²) in [6, 6.07) is 6.06. The fourth-order valence-corrected chi connectivity index (χ4v) is 9.90. The molecule has 1 aliphatic heterocycles. The molecule has 1 amide bonds. The number of pyridine rings is 1. The van der Waals surface area contributed by atoms with Gasteiger partial charge in [0.25, 0.3) is 24.3 Å². The number of amides is 1. The lowest BCUT2D eigenvalue weighted by molar-refractivity contribution is -0.123. The van der Waals surface area contributed by atoms with Gasteiger partial charge in [0.1, 0.15) is 47.8 Å². The molecule has 0 spiro atoms. The first-order chi connectivity index (χ1) is 31.1. The molecule has 0 bridgehead atoms. The van der Waals surface area contributed by atoms with Crippen molar-refractivity contribution in [1.29, 1.82) is 0 Å². The van der Waals surface area contributed by atoms with Gasteiger partial charge in [-0.25, -0.2) is 44.7 Å². The van der Waals surface area contributed by atoms with Gasteiger partial charge in [0, 0.05) is 37.1 Å². The Morgan fingerprint density at radius 1 is 0.985 bits per heavy atom. The van der Waals surface area contributed by atoms with Gasteiger partial charge in [-0.2, -0.15) is 19.0 Å². The summed E-state index contributed by atoms with van der Waals surface area (Å²) in [5.74, 6) is -9.61. The van der Waals surface area contributed by atoms with Gasteiger partial charge in [0.15, 0.2) is 11.5 Å². The number of halogens is 9. The molecule has 4 aromatic heterocycles. The highest BCUT2D eigenvalue weighted by atomic mass is 35.5. The van der Waals surface area contributed by atoms with Crippen molar-refractivity contribution in [3.63, 3.8) is 0 Å². The number of rotatable bonds is 13. The van der Waals surface area contributed by atoms with Crippen LogP contribution < -0.4 is 20.5 Å². The number of hydrogen-bond donors (Lipinski definition) is 2. The number of morpholine rings is 1. The van der Waals surface area contributed by atoms with Gasteiger partial charge in [0.05, 0.1) is 51.5 Å². The Hall–Kier alpha value is -5.88. The lowest BCUT2D eigenvalue weighted by Gasteiger charge is -2.36. The van der Waals surface area contributed by atoms with Gasteiger partial charge >= 0.3 is 0 Å². The monoisotopic (exact) mass is 968 g/mol. The third-order valence-electron chi connectivity index (χ3n) is 11.6. The predicted molar refractivity (Wildman–Crippen MR) is 223 cm³/mol. The fraction of sp³-hybridized carbons (Fsp3) is 0.415. The Morgan fingerprint density at radius 3 is 2.33 bits per heavy atom. The first-order valence-corrected chi connectivity index (χ1v) is 22.7. The van der Waals surface area contributed by atoms with Gasteiger partial charge in [-0.05, 0) is 68.1 Å². The van der Waals surface area contributed by atoms with Crippen LogP contribution in [0.3, 0.4) is 0 Å². The number of nitrogens with zero attached hydrogens (tertiary/aromatic N) is 8. The number of nitrogens with one attached hydrogen (secondary N) is 2. The molecule has 0 unspecified atom stereocenters. The molecule has 2 N–H and O–H groups in total. The van der Waals surface area contributed by atoms with Crippen molar-refractivity contribution < 1.29 is 53.1 Å². The van der Waals surface area contributed by atoms with Gasteiger partial charge in [0.2, 0.25) is 15.9 Å². The van der Waals surface area contributed by atoms with E-state index in [4.69, 9.17) is 21.3 Å². The van der Waals surface area contributed by atoms with Crippen LogP contribution in [-0.4, -0.2) is 86.4 Å². The summed E-state index contributed by atoms with van der Waals surface area (Å²) in [4.78, 5) is 40.6. The normalized spacial score (nSPS) is 20.6. The number of hydrogen-bond acceptors (Lipinski definition) is 10. The second kappa shape index (κ2) is 16.5. The maximum Gasteiger partial charge on any atom is 0.293 e. The number of aromatic nitrogens is 7. The van der Waals surface area contributed by atoms with E-state index in [1.807, 2.05) is 18.7 Å². The van der Waals surface area contributed by atoms with Crippen molar-refractivity contribution in [3.8, 4) is 5.69 Å². The van der Waals surface area contributed by atoms with E-state index in [-0.39, 0.29) is 62.4 Å². The predicted octanol–water partition coefficient (Wildman–Crippen LogP) is 6.76. The third kappa shape index (κ3) is 8.30. The number of fused-ring (bicyclic) bond motifs is 5. The van der Waals surface area contributed by atoms with Crippen LogP contribution in [0.4, 0.5) is 46.8 Å². The van der Waals surface area contributed by atoms with Gasteiger partial charge in [-0.15, -0.1) is 0 Å². The summed E-state index contributed by atoms with van der Waals surface area (Å²) >= 11 is 6.59. The van der Waals surface area contributed by atoms with Crippen molar-refractivity contribution in [1.82, 2.24) is 39.4 Å². The standard InChI is InChI=1S/C41H37ClF8N10O5S/c1-17-13-57(14-18(2)65-17)29-7-4-22-37(52-29)53-39(60(40(22)62)27-6-5-25(42)32-34(27)58(15-28(45)46)55-38(32)56-66(3,63)64)26(10-19-8-20(43)11-21(44)9-19)51-30(61)16-59-35-31(33(54-59)36(47)48)23-12-24(23)41(35,49)50/h4-9,11,17-18,23-24,26,28,36H,10,12-16H2,1-3H3,(H,51,61)(H,55,56)/t17-,18+,23-,24+,26-/m0/s1. The summed E-state index contributed by atoms with van der Waals surface area (Å²) < 4.78 is 153. The minimum absolute atomic E-state index is 0.0472. The molecular weight excluding hydrogens is 932 g/mol. The molecule has 2 fully saturated rings. The van der Waals surface area contributed by atoms with Crippen LogP contribution in [0.5, 0.6) is 0 Å². The maximum absolute atomic E-state index is 15.6. The van der Waals surface area contributed by atoms with E-state index < -0.39 is 112 Å². The molecule has 0 radical (unpaired) electrons. The number of anilines is 2. The Kier molecular flexibility index (Phi) is 11.3. The summed E-state index contributed by atoms with van der Waals surface area (Å²) in [5.41, 5.74) is -4.02. The molecule has 2 aromatic carbocycles. The van der Waals surface area contributed by atoms with E-state index in [0.717, 1.165) is 23.0 Å². The van der Waals surface area contributed by atoms with Crippen LogP contribution in [-0.2, 0) is 45.0 Å². The SMILES string of the molecule is C[C@@H]1CN(c2ccc3c(=O)n(-c4ccc(Cl)c5c(NS(C)(=O)=O)nn(CC(F)F)c45)c([C@H](Cc4cc(F)cc(F)c4)NC(=O)Cn4nc(C(F)F)c5c4C(F)(F)[C@@H]4C[C@H]54)nc3n2)C[C@H](C)O1. The molecule has 6 aromatic rings. The van der Waals surface area contributed by atoms with Crippen molar-refractivity contribution in [2.45, 2.75) is 82.7 Å². The van der Waals surface area contributed by atoms with E-state index in [1.54, 1.807) is 0 Å². The number of ether oxygens (including phenoxy) is 1. The van der Waals surface area contributed by atoms with E-state index in [0.29, 0.717) is 34.3 Å². The van der Waals surface area contributed by atoms with Crippen LogP contribution in [0.2, 0.25) is 5.02 Å². The largest absolute Gasteiger partial charge is 0.372 e. The lowest BCUT2D eigenvalue weighted by atomic mass is 10.0. The first kappa shape index (κ1) is 45.3. The van der Waals surface area contributed by atoms with Gasteiger partial charge in [-0.1, -0.05) is 11.6 Å². The first-order valence-electron chi connectivity index (χ1n) is 20.4. The zero-order valence-electron chi connectivity index (χ0n) is 34.8. The van der Waals surface area contributed by atoms with Gasteiger partial charge < -0.3 is 15.0 Å². The van der Waals surface area contributed by atoms with Gasteiger partial charge in [-0.3, -0.25) is 28.2 Å². The van der Waals surface area contributed by atoms with E-state index in [2.05, 4.69) is 25.2 Å². The molecule has 1 saturated carbocycles. The Balaban J connectivity index is 1.27. The number of sulfonamides is 1. The second-order valence-electron chi connectivity index (χ2n) is 16.7. The number of alkyl halides is 6. The number of carbonyl (C=O) groups is 1. The van der Waals surface area contributed by atoms with Crippen LogP contribution >= 0.6 is 11.6 Å². The smallest absolute Gasteiger partial charge is 0.293 e. The van der Waals surface area contributed by atoms with Crippen LogP contribution in [0.25, 0.3) is 27.6 Å². The molecular formula is C41H37ClF8N10O5S. The topological polar surface area (TPSA) is 171 Å². The van der Waals surface area contributed by atoms with Crippen LogP contribution in [0.1, 0.15) is 67.0 Å². The minimum Gasteiger partial charge on any atom is -0.372 e. The summed E-state index contributed by atoms with van der Waals surface area (Å²) in [6.45, 7) is 2.22. The van der Waals surface area contributed by atoms with Crippen LogP contribution in [0, 0.1) is 17.6 Å². The van der Waals surface area contributed by atoms with Crippen molar-refractivity contribution >= 4 is 61.1 Å². The summed E-state index contributed by atoms with van der Waals surface area (Å²) in [5, 5.41) is 9.75. The summed E-state index contributed by atoms with van der Waals surface area (Å²) in [7, 11) is -4.13. The number of carbonyl (C=O) groups excluding carboxylic acids is 1. The highest BCUT2D eigenvalue weighted by Gasteiger charge is 2.67. The Labute approximate surface area is 373 Å². The Morgan fingerprint density at radius 2 is 1.68 bits per heavy atom. The Bertz CT molecular complexity index is 3100. The lowest BCUT2D eigenvalue weighted by Crippen LogP contribution is -2.45. The molecule has 15 nitrogen and oxygen atoms in total. The van der Waals surface area contributed by atoms with Crippen molar-refractivity contribution in [3.05, 3.63) is 97.8 Å². The average Bonchev–Trinajstić information content (AvgIpc) is 3.73. The van der Waals surface area contributed by atoms with Crippen molar-refractivity contribution in [2.24, 2.45) is 5.92 Å². The molecule has 5 heterocycles. The third-order valence-corrected chi connectivity index (χ3v) is 12.5. The molecule has 3 aliphatic rings. The zero-order chi connectivity index (χ0) is 47.3.